The van der Waals surface area contributed by atoms with Crippen LogP contribution in [0.1, 0.15) is 16.1 Å². The van der Waals surface area contributed by atoms with Crippen molar-refractivity contribution in [2.24, 2.45) is 5.10 Å². The molecule has 0 radical (unpaired) electrons. The SMILES string of the molecule is O=C(NN=Cc1ccc(O)cc1)c1ccc2ccccc2n1. The summed E-state index contributed by atoms with van der Waals surface area (Å²) >= 11 is 0. The van der Waals surface area contributed by atoms with E-state index in [4.69, 9.17) is 0 Å². The van der Waals surface area contributed by atoms with E-state index in [1.807, 2.05) is 30.3 Å². The van der Waals surface area contributed by atoms with E-state index in [-0.39, 0.29) is 11.7 Å². The van der Waals surface area contributed by atoms with Crippen molar-refractivity contribution in [3.63, 3.8) is 0 Å². The smallest absolute Gasteiger partial charge is 0.289 e. The molecule has 2 N–H and O–H groups in total. The van der Waals surface area contributed by atoms with Gasteiger partial charge in [-0.3, -0.25) is 4.79 Å². The van der Waals surface area contributed by atoms with Crippen LogP contribution in [0.4, 0.5) is 0 Å². The topological polar surface area (TPSA) is 74.6 Å². The maximum atomic E-state index is 12.0. The second-order valence-corrected chi connectivity index (χ2v) is 4.68. The Morgan fingerprint density at radius 2 is 1.82 bits per heavy atom. The Morgan fingerprint density at radius 1 is 1.05 bits per heavy atom. The number of phenols is 1. The molecule has 0 fully saturated rings. The van der Waals surface area contributed by atoms with E-state index >= 15 is 0 Å². The van der Waals surface area contributed by atoms with Gasteiger partial charge < -0.3 is 5.11 Å². The molecule has 3 aromatic rings. The molecule has 22 heavy (non-hydrogen) atoms. The van der Waals surface area contributed by atoms with Crippen molar-refractivity contribution in [2.45, 2.75) is 0 Å². The molecule has 0 spiro atoms. The van der Waals surface area contributed by atoms with Crippen LogP contribution in [-0.4, -0.2) is 22.2 Å². The summed E-state index contributed by atoms with van der Waals surface area (Å²) in [6, 6.07) is 17.6. The zero-order valence-electron chi connectivity index (χ0n) is 11.6. The van der Waals surface area contributed by atoms with Crippen LogP contribution in [0.2, 0.25) is 0 Å². The lowest BCUT2D eigenvalue weighted by Crippen LogP contribution is -2.18. The van der Waals surface area contributed by atoms with Crippen molar-refractivity contribution >= 4 is 23.0 Å². The normalized spacial score (nSPS) is 10.9. The van der Waals surface area contributed by atoms with Gasteiger partial charge in [-0.25, -0.2) is 10.4 Å². The fourth-order valence-electron chi connectivity index (χ4n) is 1.98. The first-order valence-corrected chi connectivity index (χ1v) is 6.70. The average Bonchev–Trinajstić information content (AvgIpc) is 2.56. The van der Waals surface area contributed by atoms with Crippen molar-refractivity contribution in [1.29, 1.82) is 0 Å². The third-order valence-corrected chi connectivity index (χ3v) is 3.10. The van der Waals surface area contributed by atoms with Gasteiger partial charge in [0.25, 0.3) is 5.91 Å². The summed E-state index contributed by atoms with van der Waals surface area (Å²) in [5, 5.41) is 14.0. The monoisotopic (exact) mass is 291 g/mol. The lowest BCUT2D eigenvalue weighted by atomic mass is 10.2. The summed E-state index contributed by atoms with van der Waals surface area (Å²) < 4.78 is 0. The number of pyridine rings is 1. The third kappa shape index (κ3) is 3.09. The van der Waals surface area contributed by atoms with E-state index < -0.39 is 0 Å². The summed E-state index contributed by atoms with van der Waals surface area (Å²) in [5.74, 6) is -0.192. The molecule has 0 aliphatic rings. The number of nitrogens with one attached hydrogen (secondary N) is 1. The van der Waals surface area contributed by atoms with E-state index in [0.717, 1.165) is 16.5 Å². The third-order valence-electron chi connectivity index (χ3n) is 3.10. The number of hydrogen-bond donors (Lipinski definition) is 2. The van der Waals surface area contributed by atoms with Gasteiger partial charge in [-0.15, -0.1) is 0 Å². The van der Waals surface area contributed by atoms with Gasteiger partial charge in [-0.05, 0) is 42.0 Å². The molecule has 1 aromatic heterocycles. The van der Waals surface area contributed by atoms with Gasteiger partial charge in [0.2, 0.25) is 0 Å². The van der Waals surface area contributed by atoms with Gasteiger partial charge in [0, 0.05) is 5.39 Å². The number of phenolic OH excluding ortho intramolecular Hbond substituents is 1. The zero-order chi connectivity index (χ0) is 15.4. The molecule has 0 saturated heterocycles. The predicted molar refractivity (Wildman–Crippen MR) is 84.9 cm³/mol. The van der Waals surface area contributed by atoms with Gasteiger partial charge in [0.05, 0.1) is 11.7 Å². The van der Waals surface area contributed by atoms with Crippen molar-refractivity contribution in [3.8, 4) is 5.75 Å². The Labute approximate surface area is 126 Å². The van der Waals surface area contributed by atoms with Crippen LogP contribution in [0.5, 0.6) is 5.75 Å². The number of hydrazone groups is 1. The van der Waals surface area contributed by atoms with Gasteiger partial charge in [-0.2, -0.15) is 5.10 Å². The Balaban J connectivity index is 1.71. The maximum Gasteiger partial charge on any atom is 0.289 e. The molecule has 108 valence electrons. The number of carbonyl (C=O) groups excluding carboxylic acids is 1. The number of nitrogens with zero attached hydrogens (tertiary/aromatic N) is 2. The number of aromatic hydroxyl groups is 1. The highest BCUT2D eigenvalue weighted by molar-refractivity contribution is 5.95. The summed E-state index contributed by atoms with van der Waals surface area (Å²) in [6.07, 6.45) is 1.50. The Bertz CT molecular complexity index is 842. The quantitative estimate of drug-likeness (QED) is 0.575. The lowest BCUT2D eigenvalue weighted by Gasteiger charge is -2.01. The minimum Gasteiger partial charge on any atom is -0.508 e. The molecule has 1 amide bonds. The number of hydrogen-bond acceptors (Lipinski definition) is 4. The number of amides is 1. The molecule has 0 aliphatic carbocycles. The molecule has 1 heterocycles. The summed E-state index contributed by atoms with van der Waals surface area (Å²) in [6.45, 7) is 0. The zero-order valence-corrected chi connectivity index (χ0v) is 11.6. The molecule has 0 aliphatic heterocycles. The minimum atomic E-state index is -0.374. The number of fused-ring (bicyclic) bond motifs is 1. The molecule has 3 rings (SSSR count). The minimum absolute atomic E-state index is 0.182. The standard InChI is InChI=1S/C17H13N3O2/c21-14-8-5-12(6-9-14)11-18-20-17(22)16-10-7-13-3-1-2-4-15(13)19-16/h1-11,21H,(H,20,22). The van der Waals surface area contributed by atoms with Crippen LogP contribution in [0.3, 0.4) is 0 Å². The highest BCUT2D eigenvalue weighted by Gasteiger charge is 2.06. The van der Waals surface area contributed by atoms with Gasteiger partial charge in [0.1, 0.15) is 11.4 Å². The van der Waals surface area contributed by atoms with Crippen molar-refractivity contribution in [2.75, 3.05) is 0 Å². The van der Waals surface area contributed by atoms with Crippen molar-refractivity contribution < 1.29 is 9.90 Å². The molecule has 0 saturated carbocycles. The van der Waals surface area contributed by atoms with E-state index in [1.165, 1.54) is 6.21 Å². The molecule has 0 bridgehead atoms. The molecule has 0 unspecified atom stereocenters. The fraction of sp³-hybridized carbons (Fsp3) is 0. The lowest BCUT2D eigenvalue weighted by molar-refractivity contribution is 0.0950. The summed E-state index contributed by atoms with van der Waals surface area (Å²) in [7, 11) is 0. The van der Waals surface area contributed by atoms with Crippen LogP contribution in [0.15, 0.2) is 65.8 Å². The highest BCUT2D eigenvalue weighted by atomic mass is 16.3. The number of para-hydroxylation sites is 1. The molecule has 5 heteroatoms. The van der Waals surface area contributed by atoms with Crippen LogP contribution < -0.4 is 5.43 Å². The summed E-state index contributed by atoms with van der Waals surface area (Å²) in [5.41, 5.74) is 4.27. The van der Waals surface area contributed by atoms with Crippen LogP contribution in [0.25, 0.3) is 10.9 Å². The van der Waals surface area contributed by atoms with E-state index in [0.29, 0.717) is 5.69 Å². The first-order valence-electron chi connectivity index (χ1n) is 6.70. The van der Waals surface area contributed by atoms with Gasteiger partial charge in [0.15, 0.2) is 0 Å². The Morgan fingerprint density at radius 3 is 2.64 bits per heavy atom. The van der Waals surface area contributed by atoms with Gasteiger partial charge in [-0.1, -0.05) is 24.3 Å². The largest absolute Gasteiger partial charge is 0.508 e. The molecular weight excluding hydrogens is 278 g/mol. The van der Waals surface area contributed by atoms with E-state index in [2.05, 4.69) is 15.5 Å². The number of aromatic nitrogens is 1. The number of benzene rings is 2. The van der Waals surface area contributed by atoms with E-state index in [1.54, 1.807) is 30.3 Å². The first-order chi connectivity index (χ1) is 10.7. The second-order valence-electron chi connectivity index (χ2n) is 4.68. The fourth-order valence-corrected chi connectivity index (χ4v) is 1.98. The van der Waals surface area contributed by atoms with Gasteiger partial charge >= 0.3 is 0 Å². The first kappa shape index (κ1) is 13.8. The number of carbonyl (C=O) groups is 1. The summed E-state index contributed by atoms with van der Waals surface area (Å²) in [4.78, 5) is 16.3. The van der Waals surface area contributed by atoms with Crippen LogP contribution in [0, 0.1) is 0 Å². The van der Waals surface area contributed by atoms with E-state index in [9.17, 15) is 9.90 Å². The van der Waals surface area contributed by atoms with Crippen LogP contribution in [-0.2, 0) is 0 Å². The molecular formula is C17H13N3O2. The van der Waals surface area contributed by atoms with Crippen LogP contribution >= 0.6 is 0 Å². The second kappa shape index (κ2) is 6.05. The molecule has 2 aromatic carbocycles. The predicted octanol–water partition coefficient (Wildman–Crippen LogP) is 2.70. The molecule has 0 atom stereocenters. The van der Waals surface area contributed by atoms with Crippen molar-refractivity contribution in [3.05, 3.63) is 71.9 Å². The van der Waals surface area contributed by atoms with Crippen molar-refractivity contribution in [1.82, 2.24) is 10.4 Å². The number of rotatable bonds is 3. The molecule has 5 nitrogen and oxygen atoms in total. The Kier molecular flexibility index (Phi) is 3.78. The highest BCUT2D eigenvalue weighted by Crippen LogP contribution is 2.11. The Hall–Kier alpha value is -3.21. The average molecular weight is 291 g/mol. The maximum absolute atomic E-state index is 12.0.